The molecule has 0 aliphatic carbocycles. The highest BCUT2D eigenvalue weighted by atomic mass is 35.5. The minimum Gasteiger partial charge on any atom is -0.368 e. The second kappa shape index (κ2) is 11.1. The fraction of sp³-hybridized carbons (Fsp3) is 0.867. The van der Waals surface area contributed by atoms with Gasteiger partial charge >= 0.3 is 0 Å². The van der Waals surface area contributed by atoms with E-state index in [4.69, 9.17) is 4.74 Å². The number of carbonyl (C=O) groups is 2. The van der Waals surface area contributed by atoms with E-state index in [1.165, 1.54) is 0 Å². The van der Waals surface area contributed by atoms with E-state index in [-0.39, 0.29) is 36.6 Å². The van der Waals surface area contributed by atoms with Crippen molar-refractivity contribution >= 4 is 36.6 Å². The summed E-state index contributed by atoms with van der Waals surface area (Å²) >= 11 is 0. The van der Waals surface area contributed by atoms with Gasteiger partial charge < -0.3 is 20.3 Å². The molecule has 0 unspecified atom stereocenters. The fourth-order valence-corrected chi connectivity index (χ4v) is 3.19. The van der Waals surface area contributed by atoms with Crippen LogP contribution in [0, 0.1) is 0 Å². The number of nitrogens with zero attached hydrogens (tertiary/aromatic N) is 2. The molecule has 7 nitrogen and oxygen atoms in total. The number of hydrogen-bond acceptors (Lipinski definition) is 5. The number of nitrogens with one attached hydrogen (secondary N) is 2. The highest BCUT2D eigenvalue weighted by molar-refractivity contribution is 5.86. The summed E-state index contributed by atoms with van der Waals surface area (Å²) in [6.45, 7) is 7.41. The molecule has 2 N–H and O–H groups in total. The highest BCUT2D eigenvalue weighted by Crippen LogP contribution is 2.25. The Morgan fingerprint density at radius 3 is 2.21 bits per heavy atom. The highest BCUT2D eigenvalue weighted by Gasteiger charge is 2.42. The molecule has 2 aliphatic heterocycles. The molecule has 0 bridgehead atoms. The first-order chi connectivity index (χ1) is 10.6. The Labute approximate surface area is 156 Å². The van der Waals surface area contributed by atoms with Crippen LogP contribution in [-0.2, 0) is 14.3 Å². The van der Waals surface area contributed by atoms with Gasteiger partial charge in [0.05, 0.1) is 6.54 Å². The zero-order valence-corrected chi connectivity index (χ0v) is 16.1. The van der Waals surface area contributed by atoms with Crippen molar-refractivity contribution in [2.24, 2.45) is 0 Å². The van der Waals surface area contributed by atoms with Crippen molar-refractivity contribution < 1.29 is 14.3 Å². The van der Waals surface area contributed by atoms with E-state index in [9.17, 15) is 9.59 Å². The molecule has 0 saturated carbocycles. The smallest absolute Gasteiger partial charge is 0.254 e. The summed E-state index contributed by atoms with van der Waals surface area (Å²) < 4.78 is 5.61. The molecule has 9 heteroatoms. The van der Waals surface area contributed by atoms with Crippen LogP contribution in [0.2, 0.25) is 0 Å². The third-order valence-corrected chi connectivity index (χ3v) is 4.59. The molecule has 2 aliphatic rings. The summed E-state index contributed by atoms with van der Waals surface area (Å²) in [4.78, 5) is 28.4. The number of halogens is 2. The monoisotopic (exact) mass is 384 g/mol. The van der Waals surface area contributed by atoms with Crippen LogP contribution in [0.5, 0.6) is 0 Å². The van der Waals surface area contributed by atoms with Crippen LogP contribution in [0.1, 0.15) is 19.8 Å². The molecule has 0 spiro atoms. The van der Waals surface area contributed by atoms with E-state index in [0.29, 0.717) is 26.2 Å². The van der Waals surface area contributed by atoms with Crippen molar-refractivity contribution in [3.63, 3.8) is 0 Å². The second-order valence-electron chi connectivity index (χ2n) is 5.97. The summed E-state index contributed by atoms with van der Waals surface area (Å²) in [6, 6.07) is 0. The van der Waals surface area contributed by atoms with Crippen LogP contribution < -0.4 is 10.6 Å². The van der Waals surface area contributed by atoms with Gasteiger partial charge in [-0.15, -0.1) is 24.8 Å². The number of ether oxygens (including phenoxy) is 1. The number of hydrogen-bond donors (Lipinski definition) is 2. The SMILES string of the molecule is CCNC(=O)CN1CCN(C(=O)C2(OC)CCNCC2)CC1.Cl.Cl. The summed E-state index contributed by atoms with van der Waals surface area (Å²) in [6.07, 6.45) is 1.45. The molecule has 0 aromatic rings. The Bertz CT molecular complexity index is 398. The van der Waals surface area contributed by atoms with Crippen molar-refractivity contribution in [2.75, 3.05) is 59.5 Å². The molecule has 2 heterocycles. The zero-order valence-electron chi connectivity index (χ0n) is 14.5. The maximum atomic E-state index is 12.8. The van der Waals surface area contributed by atoms with Crippen molar-refractivity contribution in [2.45, 2.75) is 25.4 Å². The normalized spacial score (nSPS) is 20.5. The summed E-state index contributed by atoms with van der Waals surface area (Å²) in [7, 11) is 1.63. The largest absolute Gasteiger partial charge is 0.368 e. The maximum Gasteiger partial charge on any atom is 0.254 e. The number of likely N-dealkylation sites (N-methyl/N-ethyl adjacent to an activating group) is 1. The predicted molar refractivity (Wildman–Crippen MR) is 98.0 cm³/mol. The Morgan fingerprint density at radius 1 is 1.12 bits per heavy atom. The van der Waals surface area contributed by atoms with Gasteiger partial charge in [0.15, 0.2) is 0 Å². The molecular weight excluding hydrogens is 355 g/mol. The Balaban J connectivity index is 0.00000264. The Morgan fingerprint density at radius 2 is 1.71 bits per heavy atom. The summed E-state index contributed by atoms with van der Waals surface area (Å²) in [5.74, 6) is 0.156. The first-order valence-corrected chi connectivity index (χ1v) is 8.15. The molecule has 2 rings (SSSR count). The molecule has 2 saturated heterocycles. The summed E-state index contributed by atoms with van der Waals surface area (Å²) in [5, 5.41) is 6.07. The van der Waals surface area contributed by atoms with Crippen molar-refractivity contribution in [1.29, 1.82) is 0 Å². The van der Waals surface area contributed by atoms with E-state index in [0.717, 1.165) is 39.0 Å². The van der Waals surface area contributed by atoms with Gasteiger partial charge in [0, 0.05) is 39.8 Å². The first kappa shape index (κ1) is 23.4. The molecule has 142 valence electrons. The number of carbonyl (C=O) groups excluding carboxylic acids is 2. The predicted octanol–water partition coefficient (Wildman–Crippen LogP) is -0.121. The third-order valence-electron chi connectivity index (χ3n) is 4.59. The Kier molecular flexibility index (Phi) is 10.8. The van der Waals surface area contributed by atoms with Gasteiger partial charge in [-0.3, -0.25) is 14.5 Å². The molecule has 24 heavy (non-hydrogen) atoms. The van der Waals surface area contributed by atoms with Crippen molar-refractivity contribution in [3.05, 3.63) is 0 Å². The van der Waals surface area contributed by atoms with Gasteiger partial charge in [-0.2, -0.15) is 0 Å². The van der Waals surface area contributed by atoms with Crippen LogP contribution in [0.3, 0.4) is 0 Å². The van der Waals surface area contributed by atoms with E-state index in [2.05, 4.69) is 15.5 Å². The van der Waals surface area contributed by atoms with E-state index < -0.39 is 5.60 Å². The number of piperidine rings is 1. The van der Waals surface area contributed by atoms with Gasteiger partial charge in [-0.1, -0.05) is 0 Å². The molecule has 0 aromatic carbocycles. The lowest BCUT2D eigenvalue weighted by molar-refractivity contribution is -0.160. The van der Waals surface area contributed by atoms with E-state index >= 15 is 0 Å². The maximum absolute atomic E-state index is 12.8. The Hall–Kier alpha value is -0.600. The van der Waals surface area contributed by atoms with E-state index in [1.54, 1.807) is 7.11 Å². The molecule has 0 atom stereocenters. The van der Waals surface area contributed by atoms with Crippen LogP contribution in [-0.4, -0.2) is 86.7 Å². The van der Waals surface area contributed by atoms with Crippen molar-refractivity contribution in [3.8, 4) is 0 Å². The number of methoxy groups -OCH3 is 1. The molecule has 2 amide bonds. The van der Waals surface area contributed by atoms with Crippen LogP contribution in [0.4, 0.5) is 0 Å². The molecule has 2 fully saturated rings. The number of rotatable bonds is 5. The molecular formula is C15H30Cl2N4O3. The average molecular weight is 385 g/mol. The second-order valence-corrected chi connectivity index (χ2v) is 5.97. The molecule has 0 radical (unpaired) electrons. The minimum absolute atomic E-state index is 0. The average Bonchev–Trinajstić information content (AvgIpc) is 2.56. The van der Waals surface area contributed by atoms with Crippen LogP contribution >= 0.6 is 24.8 Å². The quantitative estimate of drug-likeness (QED) is 0.690. The van der Waals surface area contributed by atoms with Gasteiger partial charge in [-0.05, 0) is 32.9 Å². The zero-order chi connectivity index (χ0) is 16.0. The van der Waals surface area contributed by atoms with Crippen LogP contribution in [0.25, 0.3) is 0 Å². The molecule has 0 aromatic heterocycles. The van der Waals surface area contributed by atoms with Gasteiger partial charge in [0.25, 0.3) is 5.91 Å². The van der Waals surface area contributed by atoms with Gasteiger partial charge in [-0.25, -0.2) is 0 Å². The standard InChI is InChI=1S/C15H28N4O3.2ClH/c1-3-17-13(20)12-18-8-10-19(11-9-18)14(21)15(22-2)4-6-16-7-5-15;;/h16H,3-12H2,1-2H3,(H,17,20);2*1H. The lowest BCUT2D eigenvalue weighted by Crippen LogP contribution is -2.59. The lowest BCUT2D eigenvalue weighted by Gasteiger charge is -2.42. The third kappa shape index (κ3) is 5.74. The van der Waals surface area contributed by atoms with Gasteiger partial charge in [0.2, 0.25) is 5.91 Å². The van der Waals surface area contributed by atoms with Gasteiger partial charge in [0.1, 0.15) is 5.60 Å². The number of amides is 2. The van der Waals surface area contributed by atoms with Crippen molar-refractivity contribution in [1.82, 2.24) is 20.4 Å². The van der Waals surface area contributed by atoms with Crippen LogP contribution in [0.15, 0.2) is 0 Å². The minimum atomic E-state index is -0.660. The fourth-order valence-electron chi connectivity index (χ4n) is 3.19. The lowest BCUT2D eigenvalue weighted by atomic mass is 9.90. The van der Waals surface area contributed by atoms with E-state index in [1.807, 2.05) is 11.8 Å². The first-order valence-electron chi connectivity index (χ1n) is 8.15. The summed E-state index contributed by atoms with van der Waals surface area (Å²) in [5.41, 5.74) is -0.660. The number of piperazine rings is 1. The topological polar surface area (TPSA) is 73.9 Å².